The van der Waals surface area contributed by atoms with Crippen molar-refractivity contribution in [3.8, 4) is 0 Å². The van der Waals surface area contributed by atoms with E-state index < -0.39 is 0 Å². The molecule has 0 aliphatic carbocycles. The van der Waals surface area contributed by atoms with Crippen molar-refractivity contribution in [2.75, 3.05) is 0 Å². The second-order valence-electron chi connectivity index (χ2n) is 4.00. The summed E-state index contributed by atoms with van der Waals surface area (Å²) in [5.74, 6) is 0. The summed E-state index contributed by atoms with van der Waals surface area (Å²) in [7, 11) is 0. The van der Waals surface area contributed by atoms with Gasteiger partial charge in [0, 0.05) is 0 Å². The smallest absolute Gasteiger partial charge is 0.142 e. The Morgan fingerprint density at radius 2 is 1.73 bits per heavy atom. The highest BCUT2D eigenvalue weighted by atomic mass is 16.1. The van der Waals surface area contributed by atoms with Crippen molar-refractivity contribution in [3.05, 3.63) is 23.8 Å². The minimum atomic E-state index is 0.822. The monoisotopic (exact) mass is 208 g/mol. The van der Waals surface area contributed by atoms with Gasteiger partial charge < -0.3 is 0 Å². The van der Waals surface area contributed by atoms with Crippen LogP contribution in [0.15, 0.2) is 23.8 Å². The quantitative estimate of drug-likeness (QED) is 0.237. The molecule has 0 saturated carbocycles. The fraction of sp³-hybridized carbons (Fsp3) is 0.643. The molecule has 0 aromatic rings. The SMILES string of the molecule is CCCCCCCC/C=C(C)/C=C/C=O. The van der Waals surface area contributed by atoms with E-state index >= 15 is 0 Å². The molecule has 0 bridgehead atoms. The van der Waals surface area contributed by atoms with Crippen LogP contribution in [0.25, 0.3) is 0 Å². The summed E-state index contributed by atoms with van der Waals surface area (Å²) >= 11 is 0. The summed E-state index contributed by atoms with van der Waals surface area (Å²) in [5, 5.41) is 0. The van der Waals surface area contributed by atoms with Crippen LogP contribution in [0.1, 0.15) is 58.8 Å². The Morgan fingerprint density at radius 1 is 1.07 bits per heavy atom. The number of aldehydes is 1. The molecule has 0 unspecified atom stereocenters. The third kappa shape index (κ3) is 11.1. The van der Waals surface area contributed by atoms with Crippen molar-refractivity contribution in [2.45, 2.75) is 58.8 Å². The van der Waals surface area contributed by atoms with Gasteiger partial charge in [-0.25, -0.2) is 0 Å². The van der Waals surface area contributed by atoms with Crippen molar-refractivity contribution >= 4 is 6.29 Å². The van der Waals surface area contributed by atoms with Gasteiger partial charge in [0.2, 0.25) is 0 Å². The average molecular weight is 208 g/mol. The van der Waals surface area contributed by atoms with Crippen LogP contribution in [0.3, 0.4) is 0 Å². The number of hydrogen-bond donors (Lipinski definition) is 0. The number of hydrogen-bond acceptors (Lipinski definition) is 1. The lowest BCUT2D eigenvalue weighted by Gasteiger charge is -1.98. The molecule has 15 heavy (non-hydrogen) atoms. The van der Waals surface area contributed by atoms with Crippen LogP contribution in [0, 0.1) is 0 Å². The molecule has 86 valence electrons. The van der Waals surface area contributed by atoms with E-state index in [1.807, 2.05) is 13.0 Å². The second-order valence-corrected chi connectivity index (χ2v) is 4.00. The fourth-order valence-corrected chi connectivity index (χ4v) is 1.51. The van der Waals surface area contributed by atoms with Gasteiger partial charge in [-0.3, -0.25) is 4.79 Å². The second kappa shape index (κ2) is 11.2. The predicted octanol–water partition coefficient (Wildman–Crippen LogP) is 4.44. The number of allylic oxidation sites excluding steroid dienone is 4. The van der Waals surface area contributed by atoms with E-state index in [1.54, 1.807) is 6.08 Å². The Hall–Kier alpha value is -0.850. The first-order chi connectivity index (χ1) is 7.31. The molecule has 0 spiro atoms. The van der Waals surface area contributed by atoms with Crippen LogP contribution in [-0.4, -0.2) is 6.29 Å². The molecule has 0 atom stereocenters. The maximum absolute atomic E-state index is 10.1. The zero-order valence-electron chi connectivity index (χ0n) is 10.2. The first-order valence-corrected chi connectivity index (χ1v) is 6.10. The molecule has 0 heterocycles. The van der Waals surface area contributed by atoms with Crippen molar-refractivity contribution in [1.29, 1.82) is 0 Å². The summed E-state index contributed by atoms with van der Waals surface area (Å²) in [5.41, 5.74) is 1.19. The zero-order valence-corrected chi connectivity index (χ0v) is 10.2. The minimum absolute atomic E-state index is 0.822. The van der Waals surface area contributed by atoms with E-state index in [0.717, 1.165) is 12.7 Å². The van der Waals surface area contributed by atoms with E-state index in [-0.39, 0.29) is 0 Å². The summed E-state index contributed by atoms with van der Waals surface area (Å²) in [4.78, 5) is 10.1. The van der Waals surface area contributed by atoms with E-state index in [9.17, 15) is 4.79 Å². The summed E-state index contributed by atoms with van der Waals surface area (Å²) in [6, 6.07) is 0. The van der Waals surface area contributed by atoms with Gasteiger partial charge in [-0.1, -0.05) is 56.8 Å². The van der Waals surface area contributed by atoms with Gasteiger partial charge in [0.1, 0.15) is 6.29 Å². The third-order valence-electron chi connectivity index (χ3n) is 2.46. The molecular weight excluding hydrogens is 184 g/mol. The zero-order chi connectivity index (χ0) is 11.4. The normalized spacial score (nSPS) is 12.3. The lowest BCUT2D eigenvalue weighted by Crippen LogP contribution is -1.78. The Balaban J connectivity index is 3.36. The molecule has 0 N–H and O–H groups in total. The van der Waals surface area contributed by atoms with Crippen molar-refractivity contribution in [2.24, 2.45) is 0 Å². The van der Waals surface area contributed by atoms with Crippen LogP contribution in [-0.2, 0) is 4.79 Å². The van der Waals surface area contributed by atoms with Gasteiger partial charge in [-0.05, 0) is 25.8 Å². The minimum Gasteiger partial charge on any atom is -0.299 e. The summed E-state index contributed by atoms with van der Waals surface area (Å²) in [6.07, 6.45) is 15.6. The largest absolute Gasteiger partial charge is 0.299 e. The Labute approximate surface area is 94.3 Å². The highest BCUT2D eigenvalue weighted by Crippen LogP contribution is 2.08. The lowest BCUT2D eigenvalue weighted by molar-refractivity contribution is -0.104. The topological polar surface area (TPSA) is 17.1 Å². The summed E-state index contributed by atoms with van der Waals surface area (Å²) < 4.78 is 0. The maximum Gasteiger partial charge on any atom is 0.142 e. The fourth-order valence-electron chi connectivity index (χ4n) is 1.51. The van der Waals surface area contributed by atoms with Crippen molar-refractivity contribution in [3.63, 3.8) is 0 Å². The van der Waals surface area contributed by atoms with Crippen LogP contribution >= 0.6 is 0 Å². The molecule has 0 saturated heterocycles. The Morgan fingerprint density at radius 3 is 2.40 bits per heavy atom. The molecule has 0 fully saturated rings. The Kier molecular flexibility index (Phi) is 10.6. The molecule has 0 aliphatic heterocycles. The van der Waals surface area contributed by atoms with Crippen molar-refractivity contribution in [1.82, 2.24) is 0 Å². The van der Waals surface area contributed by atoms with Gasteiger partial charge in [-0.15, -0.1) is 0 Å². The number of unbranched alkanes of at least 4 members (excludes halogenated alkanes) is 6. The van der Waals surface area contributed by atoms with Crippen LogP contribution in [0.4, 0.5) is 0 Å². The molecule has 0 radical (unpaired) electrons. The summed E-state index contributed by atoms with van der Waals surface area (Å²) in [6.45, 7) is 4.28. The standard InChI is InChI=1S/C14H24O/c1-3-4-5-6-7-8-9-11-14(2)12-10-13-15/h10-13H,3-9H2,1-2H3/b12-10+,14-11+. The highest BCUT2D eigenvalue weighted by Gasteiger charge is 1.88. The van der Waals surface area contributed by atoms with E-state index in [1.165, 1.54) is 44.1 Å². The van der Waals surface area contributed by atoms with E-state index in [0.29, 0.717) is 0 Å². The Bertz CT molecular complexity index is 201. The average Bonchev–Trinajstić information content (AvgIpc) is 2.25. The van der Waals surface area contributed by atoms with Gasteiger partial charge in [-0.2, -0.15) is 0 Å². The number of carbonyl (C=O) groups is 1. The third-order valence-corrected chi connectivity index (χ3v) is 2.46. The van der Waals surface area contributed by atoms with Crippen LogP contribution < -0.4 is 0 Å². The molecule has 0 amide bonds. The van der Waals surface area contributed by atoms with Gasteiger partial charge in [0.25, 0.3) is 0 Å². The van der Waals surface area contributed by atoms with Crippen LogP contribution in [0.5, 0.6) is 0 Å². The van der Waals surface area contributed by atoms with E-state index in [4.69, 9.17) is 0 Å². The van der Waals surface area contributed by atoms with E-state index in [2.05, 4.69) is 13.0 Å². The van der Waals surface area contributed by atoms with Gasteiger partial charge >= 0.3 is 0 Å². The molecule has 0 aliphatic rings. The first-order valence-electron chi connectivity index (χ1n) is 6.10. The molecule has 0 aromatic carbocycles. The van der Waals surface area contributed by atoms with Gasteiger partial charge in [0.15, 0.2) is 0 Å². The number of rotatable bonds is 9. The van der Waals surface area contributed by atoms with Gasteiger partial charge in [0.05, 0.1) is 0 Å². The molecule has 1 nitrogen and oxygen atoms in total. The molecule has 1 heteroatoms. The number of carbonyl (C=O) groups excluding carboxylic acids is 1. The first kappa shape index (κ1) is 14.2. The van der Waals surface area contributed by atoms with Crippen molar-refractivity contribution < 1.29 is 4.79 Å². The molecule has 0 rings (SSSR count). The lowest BCUT2D eigenvalue weighted by atomic mass is 10.1. The molecule has 0 aromatic heterocycles. The highest BCUT2D eigenvalue weighted by molar-refractivity contribution is 5.65. The molecular formula is C14H24O. The predicted molar refractivity (Wildman–Crippen MR) is 67.0 cm³/mol. The maximum atomic E-state index is 10.1. The van der Waals surface area contributed by atoms with Crippen LogP contribution in [0.2, 0.25) is 0 Å².